The third-order valence-electron chi connectivity index (χ3n) is 8.36. The van der Waals surface area contributed by atoms with E-state index in [1.54, 1.807) is 0 Å². The third-order valence-corrected chi connectivity index (χ3v) is 8.36. The van der Waals surface area contributed by atoms with Gasteiger partial charge in [-0.25, -0.2) is 0 Å². The number of aliphatic imine (C=N–C) groups is 1. The molecule has 1 aliphatic carbocycles. The first-order valence-electron chi connectivity index (χ1n) is 13.2. The van der Waals surface area contributed by atoms with Gasteiger partial charge in [0.2, 0.25) is 0 Å². The predicted octanol–water partition coefficient (Wildman–Crippen LogP) is 9.44. The van der Waals surface area contributed by atoms with Crippen LogP contribution in [0.25, 0.3) is 38.2 Å². The smallest absolute Gasteiger partial charge is 0.0534 e. The van der Waals surface area contributed by atoms with Crippen LogP contribution < -0.4 is 0 Å². The van der Waals surface area contributed by atoms with Crippen LogP contribution in [0.5, 0.6) is 0 Å². The van der Waals surface area contributed by atoms with Crippen molar-refractivity contribution in [3.8, 4) is 11.1 Å². The first kappa shape index (κ1) is 21.5. The van der Waals surface area contributed by atoms with Crippen LogP contribution in [-0.2, 0) is 5.41 Å². The van der Waals surface area contributed by atoms with Gasteiger partial charge in [-0.15, -0.1) is 5.69 Å². The number of hydrogen-bond acceptors (Lipinski definition) is 1. The predicted molar refractivity (Wildman–Crippen MR) is 158 cm³/mol. The molecule has 0 bridgehead atoms. The van der Waals surface area contributed by atoms with E-state index in [4.69, 9.17) is 10.3 Å². The zero-order chi connectivity index (χ0) is 25.4. The van der Waals surface area contributed by atoms with Gasteiger partial charge in [0.05, 0.1) is 5.71 Å². The van der Waals surface area contributed by atoms with E-state index in [0.29, 0.717) is 0 Å². The molecule has 3 nitrogen and oxygen atoms in total. The van der Waals surface area contributed by atoms with Crippen LogP contribution in [0, 0.1) is 0 Å². The van der Waals surface area contributed by atoms with Gasteiger partial charge in [-0.2, -0.15) is 0 Å². The van der Waals surface area contributed by atoms with E-state index in [0.717, 1.165) is 22.6 Å². The van der Waals surface area contributed by atoms with E-state index in [2.05, 4.69) is 122 Å². The Morgan fingerprint density at radius 2 is 1.39 bits per heavy atom. The Labute approximate surface area is 222 Å². The van der Waals surface area contributed by atoms with Crippen molar-refractivity contribution >= 4 is 38.9 Å². The van der Waals surface area contributed by atoms with Crippen molar-refractivity contribution in [1.29, 1.82) is 0 Å². The lowest BCUT2D eigenvalue weighted by Gasteiger charge is -2.41. The molecule has 6 aromatic rings. The summed E-state index contributed by atoms with van der Waals surface area (Å²) in [4.78, 5) is 5.20. The van der Waals surface area contributed by atoms with Crippen molar-refractivity contribution in [2.45, 2.75) is 25.4 Å². The molecule has 1 unspecified atom stereocenters. The van der Waals surface area contributed by atoms with E-state index < -0.39 is 0 Å². The van der Waals surface area contributed by atoms with Crippen LogP contribution in [0.3, 0.4) is 0 Å². The van der Waals surface area contributed by atoms with E-state index in [1.165, 1.54) is 44.1 Å². The molecule has 0 fully saturated rings. The van der Waals surface area contributed by atoms with E-state index >= 15 is 0 Å². The van der Waals surface area contributed by atoms with Gasteiger partial charge in [0, 0.05) is 39.1 Å². The van der Waals surface area contributed by atoms with Crippen molar-refractivity contribution in [2.24, 2.45) is 4.99 Å². The molecule has 0 spiro atoms. The summed E-state index contributed by atoms with van der Waals surface area (Å²) >= 11 is 0. The molecule has 2 heterocycles. The molecule has 8 rings (SSSR count). The molecular formula is C35H26N3-. The molecule has 0 saturated heterocycles. The minimum absolute atomic E-state index is 0.0475. The Morgan fingerprint density at radius 1 is 0.658 bits per heavy atom. The van der Waals surface area contributed by atoms with Crippen molar-refractivity contribution in [2.75, 3.05) is 0 Å². The van der Waals surface area contributed by atoms with Gasteiger partial charge >= 0.3 is 0 Å². The molecule has 0 amide bonds. The largest absolute Gasteiger partial charge is 0.658 e. The highest BCUT2D eigenvalue weighted by atomic mass is 15.2. The first-order valence-corrected chi connectivity index (χ1v) is 13.2. The van der Waals surface area contributed by atoms with E-state index in [1.807, 2.05) is 12.1 Å². The monoisotopic (exact) mass is 488 g/mol. The molecule has 182 valence electrons. The molecular weight excluding hydrogens is 462 g/mol. The van der Waals surface area contributed by atoms with Gasteiger partial charge in [-0.05, 0) is 52.1 Å². The standard InChI is InChI=1S/C35H26N3/c1-35(2)27-16-8-6-14-23(27)25-21-32-26(20-28(25)35)24-15-7-11-19-31(24)38(32)34-33(22-12-4-3-5-13-22)36-29-17-9-10-18-30(29)37-34/h3-21,34H,1-2H3/q-1. The number of para-hydroxylation sites is 3. The summed E-state index contributed by atoms with van der Waals surface area (Å²) in [6, 6.07) is 41.1. The van der Waals surface area contributed by atoms with Gasteiger partial charge < -0.3 is 9.88 Å². The molecule has 5 aromatic carbocycles. The molecule has 1 atom stereocenters. The molecule has 0 N–H and O–H groups in total. The van der Waals surface area contributed by atoms with Crippen molar-refractivity contribution < 1.29 is 0 Å². The first-order chi connectivity index (χ1) is 18.6. The molecule has 1 aromatic heterocycles. The summed E-state index contributed by atoms with van der Waals surface area (Å²) in [5.74, 6) is 0. The van der Waals surface area contributed by atoms with Gasteiger partial charge in [0.15, 0.2) is 0 Å². The lowest BCUT2D eigenvalue weighted by atomic mass is 9.82. The number of aromatic nitrogens is 1. The molecule has 38 heavy (non-hydrogen) atoms. The second-order valence-corrected chi connectivity index (χ2v) is 10.8. The maximum atomic E-state index is 5.34. The van der Waals surface area contributed by atoms with Crippen molar-refractivity contribution in [3.05, 3.63) is 137 Å². The highest BCUT2D eigenvalue weighted by Gasteiger charge is 2.36. The van der Waals surface area contributed by atoms with Crippen LogP contribution in [0.4, 0.5) is 11.4 Å². The summed E-state index contributed by atoms with van der Waals surface area (Å²) in [7, 11) is 0. The minimum Gasteiger partial charge on any atom is -0.658 e. The lowest BCUT2D eigenvalue weighted by molar-refractivity contribution is 0.661. The number of rotatable bonds is 2. The fourth-order valence-electron chi connectivity index (χ4n) is 6.51. The van der Waals surface area contributed by atoms with Gasteiger partial charge in [-0.3, -0.25) is 4.99 Å². The Bertz CT molecular complexity index is 1920. The van der Waals surface area contributed by atoms with E-state index in [9.17, 15) is 0 Å². The van der Waals surface area contributed by atoms with Crippen LogP contribution in [0.15, 0.2) is 120 Å². The topological polar surface area (TPSA) is 31.4 Å². The summed E-state index contributed by atoms with van der Waals surface area (Å²) < 4.78 is 2.40. The highest BCUT2D eigenvalue weighted by molar-refractivity contribution is 6.15. The second kappa shape index (κ2) is 7.69. The summed E-state index contributed by atoms with van der Waals surface area (Å²) in [6.07, 6.45) is -0.280. The normalized spacial score (nSPS) is 17.0. The van der Waals surface area contributed by atoms with Gasteiger partial charge in [-0.1, -0.05) is 105 Å². The third kappa shape index (κ3) is 2.87. The van der Waals surface area contributed by atoms with Crippen LogP contribution in [0.2, 0.25) is 0 Å². The summed E-state index contributed by atoms with van der Waals surface area (Å²) in [5.41, 5.74) is 11.6. The summed E-state index contributed by atoms with van der Waals surface area (Å²) in [6.45, 7) is 4.69. The summed E-state index contributed by atoms with van der Waals surface area (Å²) in [5, 5.41) is 7.86. The van der Waals surface area contributed by atoms with Crippen LogP contribution in [0.1, 0.15) is 36.7 Å². The van der Waals surface area contributed by atoms with Gasteiger partial charge in [0.25, 0.3) is 0 Å². The van der Waals surface area contributed by atoms with Crippen molar-refractivity contribution in [3.63, 3.8) is 0 Å². The van der Waals surface area contributed by atoms with Crippen molar-refractivity contribution in [1.82, 2.24) is 4.57 Å². The number of hydrogen-bond donors (Lipinski definition) is 0. The average Bonchev–Trinajstić information content (AvgIpc) is 3.40. The fourth-order valence-corrected chi connectivity index (χ4v) is 6.51. The zero-order valence-electron chi connectivity index (χ0n) is 21.4. The number of fused-ring (bicyclic) bond motifs is 7. The quantitative estimate of drug-likeness (QED) is 0.232. The molecule has 1 aliphatic heterocycles. The second-order valence-electron chi connectivity index (χ2n) is 10.8. The Kier molecular flexibility index (Phi) is 4.34. The lowest BCUT2D eigenvalue weighted by Crippen LogP contribution is -2.21. The van der Waals surface area contributed by atoms with Gasteiger partial charge in [0.1, 0.15) is 0 Å². The van der Waals surface area contributed by atoms with E-state index in [-0.39, 0.29) is 11.6 Å². The Balaban J connectivity index is 1.45. The number of benzene rings is 5. The average molecular weight is 489 g/mol. The van der Waals surface area contributed by atoms with Crippen LogP contribution >= 0.6 is 0 Å². The number of nitrogens with zero attached hydrogens (tertiary/aromatic N) is 3. The molecule has 3 heteroatoms. The van der Waals surface area contributed by atoms with Crippen LogP contribution in [-0.4, -0.2) is 10.3 Å². The maximum Gasteiger partial charge on any atom is 0.0534 e. The Hall–Kier alpha value is -4.63. The Morgan fingerprint density at radius 3 is 2.29 bits per heavy atom. The zero-order valence-corrected chi connectivity index (χ0v) is 21.4. The molecule has 0 saturated carbocycles. The maximum absolute atomic E-state index is 5.34. The SMILES string of the molecule is CC1(C)c2ccccc2-c2cc3c(cc21)c1ccccc1n3C1[N-]c2ccccc2N=C1c1ccccc1. The fraction of sp³-hybridized carbons (Fsp3) is 0.114. The molecule has 0 radical (unpaired) electrons. The molecule has 2 aliphatic rings. The highest BCUT2D eigenvalue weighted by Crippen LogP contribution is 2.52. The minimum atomic E-state index is -0.280.